The van der Waals surface area contributed by atoms with Gasteiger partial charge in [-0.3, -0.25) is 0 Å². The minimum Gasteiger partial charge on any atom is -0.308 e. The number of nitrogens with one attached hydrogen (secondary N) is 1. The van der Waals surface area contributed by atoms with E-state index in [9.17, 15) is 8.78 Å². The molecule has 0 fully saturated rings. The summed E-state index contributed by atoms with van der Waals surface area (Å²) in [5.41, 5.74) is 0.794. The molecule has 0 spiro atoms. The SMILES string of the molecule is CCCC(C)(C)NCc1ccc(F)c(F)c1. The third-order valence-electron chi connectivity index (χ3n) is 2.63. The first-order valence-electron chi connectivity index (χ1n) is 5.63. The Hall–Kier alpha value is -0.960. The van der Waals surface area contributed by atoms with Gasteiger partial charge in [0.05, 0.1) is 0 Å². The van der Waals surface area contributed by atoms with Crippen molar-refractivity contribution < 1.29 is 8.78 Å². The highest BCUT2D eigenvalue weighted by molar-refractivity contribution is 5.17. The van der Waals surface area contributed by atoms with Crippen LogP contribution < -0.4 is 5.32 Å². The molecular weight excluding hydrogens is 208 g/mol. The second-order valence-corrected chi connectivity index (χ2v) is 4.74. The molecule has 0 radical (unpaired) electrons. The first-order chi connectivity index (χ1) is 7.44. The maximum atomic E-state index is 12.9. The average molecular weight is 227 g/mol. The van der Waals surface area contributed by atoms with E-state index in [1.54, 1.807) is 6.07 Å². The molecule has 0 atom stereocenters. The molecule has 0 aliphatic heterocycles. The summed E-state index contributed by atoms with van der Waals surface area (Å²) in [6.45, 7) is 6.90. The Bertz CT molecular complexity index is 348. The fourth-order valence-electron chi connectivity index (χ4n) is 1.70. The van der Waals surface area contributed by atoms with E-state index < -0.39 is 11.6 Å². The largest absolute Gasteiger partial charge is 0.308 e. The Kier molecular flexibility index (Phi) is 4.42. The zero-order valence-electron chi connectivity index (χ0n) is 10.1. The smallest absolute Gasteiger partial charge is 0.159 e. The number of hydrogen-bond donors (Lipinski definition) is 1. The molecular formula is C13H19F2N. The maximum absolute atomic E-state index is 12.9. The summed E-state index contributed by atoms with van der Waals surface area (Å²) < 4.78 is 25.6. The Labute approximate surface area is 95.9 Å². The van der Waals surface area contributed by atoms with Crippen LogP contribution in [0.15, 0.2) is 18.2 Å². The Morgan fingerprint density at radius 3 is 2.44 bits per heavy atom. The third kappa shape index (κ3) is 3.89. The van der Waals surface area contributed by atoms with E-state index in [0.717, 1.165) is 18.4 Å². The zero-order valence-corrected chi connectivity index (χ0v) is 10.1. The van der Waals surface area contributed by atoms with Gasteiger partial charge in [-0.1, -0.05) is 19.4 Å². The number of benzene rings is 1. The monoisotopic (exact) mass is 227 g/mol. The molecule has 1 nitrogen and oxygen atoms in total. The number of rotatable bonds is 5. The van der Waals surface area contributed by atoms with Crippen LogP contribution in [0.25, 0.3) is 0 Å². The molecule has 1 N–H and O–H groups in total. The van der Waals surface area contributed by atoms with Gasteiger partial charge in [0.2, 0.25) is 0 Å². The molecule has 0 saturated heterocycles. The predicted octanol–water partition coefficient (Wildman–Crippen LogP) is 3.63. The van der Waals surface area contributed by atoms with Gasteiger partial charge in [0, 0.05) is 12.1 Å². The van der Waals surface area contributed by atoms with E-state index in [1.165, 1.54) is 12.1 Å². The van der Waals surface area contributed by atoms with E-state index >= 15 is 0 Å². The topological polar surface area (TPSA) is 12.0 Å². The summed E-state index contributed by atoms with van der Waals surface area (Å²) in [6, 6.07) is 4.01. The summed E-state index contributed by atoms with van der Waals surface area (Å²) >= 11 is 0. The van der Waals surface area contributed by atoms with Crippen molar-refractivity contribution in [3.05, 3.63) is 35.4 Å². The lowest BCUT2D eigenvalue weighted by atomic mass is 9.98. The van der Waals surface area contributed by atoms with Crippen molar-refractivity contribution in [3.8, 4) is 0 Å². The lowest BCUT2D eigenvalue weighted by Crippen LogP contribution is -2.38. The fraction of sp³-hybridized carbons (Fsp3) is 0.538. The van der Waals surface area contributed by atoms with E-state index in [1.807, 2.05) is 0 Å². The second-order valence-electron chi connectivity index (χ2n) is 4.74. The third-order valence-corrected chi connectivity index (χ3v) is 2.63. The van der Waals surface area contributed by atoms with Gasteiger partial charge in [0.15, 0.2) is 11.6 Å². The van der Waals surface area contributed by atoms with Crippen LogP contribution in [0.3, 0.4) is 0 Å². The number of halogens is 2. The van der Waals surface area contributed by atoms with E-state index in [4.69, 9.17) is 0 Å². The normalized spacial score (nSPS) is 11.8. The van der Waals surface area contributed by atoms with Crippen LogP contribution in [-0.2, 0) is 6.54 Å². The summed E-state index contributed by atoms with van der Waals surface area (Å²) in [4.78, 5) is 0. The molecule has 0 saturated carbocycles. The molecule has 0 amide bonds. The van der Waals surface area contributed by atoms with Crippen LogP contribution >= 0.6 is 0 Å². The van der Waals surface area contributed by atoms with Crippen molar-refractivity contribution in [1.82, 2.24) is 5.32 Å². The lowest BCUT2D eigenvalue weighted by molar-refractivity contribution is 0.356. The molecule has 1 rings (SSSR count). The first kappa shape index (κ1) is 13.1. The summed E-state index contributed by atoms with van der Waals surface area (Å²) in [7, 11) is 0. The Morgan fingerprint density at radius 1 is 1.19 bits per heavy atom. The van der Waals surface area contributed by atoms with Gasteiger partial charge in [0.25, 0.3) is 0 Å². The van der Waals surface area contributed by atoms with Crippen LogP contribution in [0.1, 0.15) is 39.2 Å². The molecule has 0 aliphatic rings. The van der Waals surface area contributed by atoms with Crippen molar-refractivity contribution in [2.45, 2.75) is 45.7 Å². The summed E-state index contributed by atoms with van der Waals surface area (Å²) in [5, 5.41) is 3.33. The summed E-state index contributed by atoms with van der Waals surface area (Å²) in [5.74, 6) is -1.58. The van der Waals surface area contributed by atoms with E-state index in [2.05, 4.69) is 26.1 Å². The highest BCUT2D eigenvalue weighted by atomic mass is 19.2. The lowest BCUT2D eigenvalue weighted by Gasteiger charge is -2.26. The molecule has 3 heteroatoms. The van der Waals surface area contributed by atoms with Crippen LogP contribution in [0.4, 0.5) is 8.78 Å². The summed E-state index contributed by atoms with van der Waals surface area (Å²) in [6.07, 6.45) is 2.15. The predicted molar refractivity (Wildman–Crippen MR) is 62.2 cm³/mol. The highest BCUT2D eigenvalue weighted by Crippen LogP contribution is 2.13. The molecule has 0 unspecified atom stereocenters. The van der Waals surface area contributed by atoms with Crippen molar-refractivity contribution in [2.75, 3.05) is 0 Å². The number of hydrogen-bond acceptors (Lipinski definition) is 1. The van der Waals surface area contributed by atoms with Crippen molar-refractivity contribution >= 4 is 0 Å². The maximum Gasteiger partial charge on any atom is 0.159 e. The standard InChI is InChI=1S/C13H19F2N/c1-4-7-13(2,3)16-9-10-5-6-11(14)12(15)8-10/h5-6,8,16H,4,7,9H2,1-3H3. The molecule has 0 aliphatic carbocycles. The van der Waals surface area contributed by atoms with Gasteiger partial charge in [-0.05, 0) is 38.0 Å². The molecule has 0 aromatic heterocycles. The van der Waals surface area contributed by atoms with Crippen LogP contribution in [-0.4, -0.2) is 5.54 Å². The van der Waals surface area contributed by atoms with E-state index in [-0.39, 0.29) is 5.54 Å². The molecule has 16 heavy (non-hydrogen) atoms. The quantitative estimate of drug-likeness (QED) is 0.810. The molecule has 1 aromatic carbocycles. The van der Waals surface area contributed by atoms with Gasteiger partial charge in [-0.25, -0.2) is 8.78 Å². The molecule has 0 bridgehead atoms. The van der Waals surface area contributed by atoms with Crippen LogP contribution in [0, 0.1) is 11.6 Å². The molecule has 1 aromatic rings. The molecule has 0 heterocycles. The molecule has 90 valence electrons. The van der Waals surface area contributed by atoms with Gasteiger partial charge in [-0.2, -0.15) is 0 Å². The van der Waals surface area contributed by atoms with Crippen LogP contribution in [0.2, 0.25) is 0 Å². The van der Waals surface area contributed by atoms with E-state index in [0.29, 0.717) is 6.54 Å². The van der Waals surface area contributed by atoms with Gasteiger partial charge >= 0.3 is 0 Å². The minimum absolute atomic E-state index is 0.0274. The van der Waals surface area contributed by atoms with Gasteiger partial charge in [-0.15, -0.1) is 0 Å². The Morgan fingerprint density at radius 2 is 1.88 bits per heavy atom. The van der Waals surface area contributed by atoms with Gasteiger partial charge in [0.1, 0.15) is 0 Å². The Balaban J connectivity index is 2.57. The fourth-order valence-corrected chi connectivity index (χ4v) is 1.70. The van der Waals surface area contributed by atoms with Gasteiger partial charge < -0.3 is 5.32 Å². The first-order valence-corrected chi connectivity index (χ1v) is 5.63. The van der Waals surface area contributed by atoms with Crippen molar-refractivity contribution in [1.29, 1.82) is 0 Å². The highest BCUT2D eigenvalue weighted by Gasteiger charge is 2.15. The van der Waals surface area contributed by atoms with Crippen molar-refractivity contribution in [2.24, 2.45) is 0 Å². The van der Waals surface area contributed by atoms with Crippen molar-refractivity contribution in [3.63, 3.8) is 0 Å². The second kappa shape index (κ2) is 5.39. The zero-order chi connectivity index (χ0) is 12.2. The van der Waals surface area contributed by atoms with Crippen LogP contribution in [0.5, 0.6) is 0 Å². The average Bonchev–Trinajstić information content (AvgIpc) is 2.20. The minimum atomic E-state index is -0.795.